The molecule has 1 N–H and O–H groups in total. The highest BCUT2D eigenvalue weighted by atomic mass is 32.1. The Kier molecular flexibility index (Phi) is 4.99. The van der Waals surface area contributed by atoms with Gasteiger partial charge in [-0.25, -0.2) is 4.98 Å². The zero-order valence-corrected chi connectivity index (χ0v) is 12.5. The van der Waals surface area contributed by atoms with E-state index in [0.29, 0.717) is 0 Å². The zero-order chi connectivity index (χ0) is 13.7. The molecule has 0 aliphatic carbocycles. The van der Waals surface area contributed by atoms with Crippen molar-refractivity contribution in [1.29, 1.82) is 0 Å². The maximum atomic E-state index is 4.61. The van der Waals surface area contributed by atoms with E-state index in [0.717, 1.165) is 35.8 Å². The third-order valence-corrected chi connectivity index (χ3v) is 4.13. The predicted octanol–water partition coefficient (Wildman–Crippen LogP) is 2.83. The minimum Gasteiger partial charge on any atom is -0.308 e. The minimum atomic E-state index is 0.193. The molecule has 2 aromatic rings. The average molecular weight is 276 g/mol. The smallest absolute Gasteiger partial charge is 0.0950 e. The summed E-state index contributed by atoms with van der Waals surface area (Å²) in [4.78, 5) is 14.5. The fraction of sp³-hybridized carbons (Fsp3) is 0.500. The van der Waals surface area contributed by atoms with Gasteiger partial charge in [-0.2, -0.15) is 0 Å². The van der Waals surface area contributed by atoms with Gasteiger partial charge in [0.25, 0.3) is 0 Å². The summed E-state index contributed by atoms with van der Waals surface area (Å²) in [5.74, 6) is 0. The van der Waals surface area contributed by atoms with E-state index in [1.54, 1.807) is 23.7 Å². The molecule has 0 aliphatic rings. The highest BCUT2D eigenvalue weighted by molar-refractivity contribution is 7.11. The molecule has 1 atom stereocenters. The molecule has 1 unspecified atom stereocenters. The van der Waals surface area contributed by atoms with Crippen molar-refractivity contribution in [2.75, 3.05) is 6.54 Å². The molecule has 0 bridgehead atoms. The molecule has 0 aromatic carbocycles. The first-order valence-corrected chi connectivity index (χ1v) is 7.44. The molecule has 0 amide bonds. The van der Waals surface area contributed by atoms with Gasteiger partial charge in [0, 0.05) is 29.9 Å². The second-order valence-corrected chi connectivity index (χ2v) is 5.88. The van der Waals surface area contributed by atoms with Gasteiger partial charge in [0.2, 0.25) is 0 Å². The van der Waals surface area contributed by atoms with Crippen molar-refractivity contribution in [3.05, 3.63) is 39.9 Å². The lowest BCUT2D eigenvalue weighted by atomic mass is 10.1. The maximum Gasteiger partial charge on any atom is 0.0950 e. The number of hydrogen-bond acceptors (Lipinski definition) is 5. The average Bonchev–Trinajstić information content (AvgIpc) is 2.74. The van der Waals surface area contributed by atoms with Gasteiger partial charge in [0.1, 0.15) is 0 Å². The molecular weight excluding hydrogens is 256 g/mol. The lowest BCUT2D eigenvalue weighted by Crippen LogP contribution is -2.25. The van der Waals surface area contributed by atoms with Crippen LogP contribution in [0.1, 0.15) is 40.7 Å². The highest BCUT2D eigenvalue weighted by Gasteiger charge is 2.15. The van der Waals surface area contributed by atoms with Crippen molar-refractivity contribution in [3.63, 3.8) is 0 Å². The second kappa shape index (κ2) is 6.73. The summed E-state index contributed by atoms with van der Waals surface area (Å²) in [5.41, 5.74) is 2.12. The van der Waals surface area contributed by atoms with Crippen molar-refractivity contribution in [2.45, 2.75) is 39.7 Å². The monoisotopic (exact) mass is 276 g/mol. The molecule has 4 nitrogen and oxygen atoms in total. The summed E-state index contributed by atoms with van der Waals surface area (Å²) in [7, 11) is 0. The van der Waals surface area contributed by atoms with E-state index in [1.807, 2.05) is 6.20 Å². The van der Waals surface area contributed by atoms with Gasteiger partial charge in [0.05, 0.1) is 22.4 Å². The number of nitrogens with one attached hydrogen (secondary N) is 1. The molecule has 5 heteroatoms. The van der Waals surface area contributed by atoms with Gasteiger partial charge in [-0.1, -0.05) is 6.92 Å². The molecule has 2 heterocycles. The van der Waals surface area contributed by atoms with Crippen LogP contribution >= 0.6 is 11.3 Å². The normalized spacial score (nSPS) is 12.6. The van der Waals surface area contributed by atoms with E-state index in [2.05, 4.69) is 41.0 Å². The van der Waals surface area contributed by atoms with Crippen LogP contribution in [0, 0.1) is 13.8 Å². The highest BCUT2D eigenvalue weighted by Crippen LogP contribution is 2.22. The van der Waals surface area contributed by atoms with Gasteiger partial charge in [-0.15, -0.1) is 11.3 Å². The Bertz CT molecular complexity index is 490. The van der Waals surface area contributed by atoms with Gasteiger partial charge >= 0.3 is 0 Å². The van der Waals surface area contributed by atoms with Crippen molar-refractivity contribution in [1.82, 2.24) is 20.3 Å². The fourth-order valence-electron chi connectivity index (χ4n) is 1.89. The van der Waals surface area contributed by atoms with Crippen molar-refractivity contribution >= 4 is 11.3 Å². The fourth-order valence-corrected chi connectivity index (χ4v) is 2.87. The van der Waals surface area contributed by atoms with E-state index < -0.39 is 0 Å². The Labute approximate surface area is 118 Å². The third kappa shape index (κ3) is 3.81. The summed E-state index contributed by atoms with van der Waals surface area (Å²) in [6.07, 6.45) is 7.26. The van der Waals surface area contributed by atoms with Gasteiger partial charge in [0.15, 0.2) is 0 Å². The van der Waals surface area contributed by atoms with E-state index in [1.165, 1.54) is 4.88 Å². The maximum absolute atomic E-state index is 4.61. The summed E-state index contributed by atoms with van der Waals surface area (Å²) in [6.45, 7) is 7.32. The number of aryl methyl sites for hydroxylation is 2. The van der Waals surface area contributed by atoms with Crippen molar-refractivity contribution in [3.8, 4) is 0 Å². The first kappa shape index (κ1) is 14.1. The summed E-state index contributed by atoms with van der Waals surface area (Å²) in [5, 5.41) is 4.69. The predicted molar refractivity (Wildman–Crippen MR) is 78.4 cm³/mol. The minimum absolute atomic E-state index is 0.193. The molecule has 0 saturated carbocycles. The van der Waals surface area contributed by atoms with Gasteiger partial charge in [-0.05, 0) is 26.8 Å². The van der Waals surface area contributed by atoms with Crippen LogP contribution in [0.25, 0.3) is 0 Å². The largest absolute Gasteiger partial charge is 0.308 e. The van der Waals surface area contributed by atoms with Crippen molar-refractivity contribution in [2.24, 2.45) is 0 Å². The number of hydrogen-bond donors (Lipinski definition) is 1. The van der Waals surface area contributed by atoms with Crippen LogP contribution in [-0.4, -0.2) is 21.5 Å². The molecule has 0 radical (unpaired) electrons. The van der Waals surface area contributed by atoms with Crippen LogP contribution in [0.15, 0.2) is 18.6 Å². The first-order valence-electron chi connectivity index (χ1n) is 6.63. The Morgan fingerprint density at radius 3 is 2.74 bits per heavy atom. The Balaban J connectivity index is 2.14. The summed E-state index contributed by atoms with van der Waals surface area (Å²) in [6, 6.07) is 0.193. The van der Waals surface area contributed by atoms with E-state index in [9.17, 15) is 0 Å². The number of nitrogens with zero attached hydrogens (tertiary/aromatic N) is 3. The quantitative estimate of drug-likeness (QED) is 0.881. The van der Waals surface area contributed by atoms with Gasteiger partial charge in [-0.3, -0.25) is 9.97 Å². The lowest BCUT2D eigenvalue weighted by Gasteiger charge is -2.16. The molecule has 0 spiro atoms. The molecule has 0 fully saturated rings. The van der Waals surface area contributed by atoms with Crippen molar-refractivity contribution < 1.29 is 0 Å². The molecule has 2 rings (SSSR count). The molecular formula is C14H20N4S. The third-order valence-electron chi connectivity index (χ3n) is 3.03. The Morgan fingerprint density at radius 1 is 1.32 bits per heavy atom. The van der Waals surface area contributed by atoms with Crippen LogP contribution in [-0.2, 0) is 6.42 Å². The van der Waals surface area contributed by atoms with E-state index in [4.69, 9.17) is 0 Å². The second-order valence-electron chi connectivity index (χ2n) is 4.59. The van der Waals surface area contributed by atoms with Crippen LogP contribution < -0.4 is 5.32 Å². The van der Waals surface area contributed by atoms with Crippen LogP contribution in [0.5, 0.6) is 0 Å². The van der Waals surface area contributed by atoms with Crippen LogP contribution in [0.3, 0.4) is 0 Å². The first-order chi connectivity index (χ1) is 9.20. The Morgan fingerprint density at radius 2 is 2.16 bits per heavy atom. The van der Waals surface area contributed by atoms with Crippen LogP contribution in [0.2, 0.25) is 0 Å². The van der Waals surface area contributed by atoms with E-state index >= 15 is 0 Å². The number of thiazole rings is 1. The van der Waals surface area contributed by atoms with Crippen LogP contribution in [0.4, 0.5) is 0 Å². The standard InChI is InChI=1S/C14H20N4S/c1-4-5-16-12(13-9-15-6-7-17-13)8-14-18-10(2)11(3)19-14/h6-7,9,12,16H,4-5,8H2,1-3H3. The SMILES string of the molecule is CCCNC(Cc1nc(C)c(C)s1)c1cnccn1. The molecule has 0 saturated heterocycles. The molecule has 102 valence electrons. The van der Waals surface area contributed by atoms with Gasteiger partial charge < -0.3 is 5.32 Å². The molecule has 2 aromatic heterocycles. The Hall–Kier alpha value is -1.33. The lowest BCUT2D eigenvalue weighted by molar-refractivity contribution is 0.515. The zero-order valence-electron chi connectivity index (χ0n) is 11.7. The summed E-state index contributed by atoms with van der Waals surface area (Å²) < 4.78 is 0. The number of aromatic nitrogens is 3. The topological polar surface area (TPSA) is 50.7 Å². The number of rotatable bonds is 6. The summed E-state index contributed by atoms with van der Waals surface area (Å²) >= 11 is 1.77. The molecule has 19 heavy (non-hydrogen) atoms. The molecule has 0 aliphatic heterocycles. The van der Waals surface area contributed by atoms with E-state index in [-0.39, 0.29) is 6.04 Å².